The van der Waals surface area contributed by atoms with Gasteiger partial charge in [-0.15, -0.1) is 0 Å². The lowest BCUT2D eigenvalue weighted by Gasteiger charge is -2.32. The molecule has 8 heteroatoms. The van der Waals surface area contributed by atoms with Crippen LogP contribution in [0.15, 0.2) is 9.59 Å². The zero-order valence-corrected chi connectivity index (χ0v) is 16.4. The van der Waals surface area contributed by atoms with Crippen molar-refractivity contribution in [1.82, 2.24) is 18.7 Å². The molecule has 3 heterocycles. The lowest BCUT2D eigenvalue weighted by molar-refractivity contribution is -0.929. The second-order valence-electron chi connectivity index (χ2n) is 7.50. The number of nitrogens with zero attached hydrogens (tertiary/aromatic N) is 4. The van der Waals surface area contributed by atoms with Crippen LogP contribution in [0.5, 0.6) is 0 Å². The maximum Gasteiger partial charge on any atom is 0.332 e. The number of unbranched alkanes of at least 4 members (excludes halogenated alkanes) is 1. The van der Waals surface area contributed by atoms with E-state index in [0.29, 0.717) is 11.2 Å². The molecule has 3 rings (SSSR count). The van der Waals surface area contributed by atoms with Crippen LogP contribution in [-0.2, 0) is 31.9 Å². The smallest absolute Gasteiger partial charge is 0.332 e. The summed E-state index contributed by atoms with van der Waals surface area (Å²) in [6, 6.07) is 0. The van der Waals surface area contributed by atoms with E-state index < -0.39 is 0 Å². The summed E-state index contributed by atoms with van der Waals surface area (Å²) < 4.78 is 10.5. The Morgan fingerprint density at radius 3 is 2.42 bits per heavy atom. The molecular formula is C18H30N5O3+. The summed E-state index contributed by atoms with van der Waals surface area (Å²) in [5.41, 5.74) is 0.414. The number of hydrogen-bond donors (Lipinski definition) is 1. The van der Waals surface area contributed by atoms with Gasteiger partial charge >= 0.3 is 5.69 Å². The van der Waals surface area contributed by atoms with Gasteiger partial charge in [-0.2, -0.15) is 0 Å². The van der Waals surface area contributed by atoms with Crippen LogP contribution in [0.4, 0.5) is 0 Å². The highest BCUT2D eigenvalue weighted by molar-refractivity contribution is 5.71. The minimum Gasteiger partial charge on any atom is -0.364 e. The molecule has 0 aromatic carbocycles. The highest BCUT2D eigenvalue weighted by Gasteiger charge is 2.28. The summed E-state index contributed by atoms with van der Waals surface area (Å²) in [4.78, 5) is 31.1. The fourth-order valence-corrected chi connectivity index (χ4v) is 3.94. The Bertz CT molecular complexity index is 900. The van der Waals surface area contributed by atoms with Crippen LogP contribution in [0.2, 0.25) is 0 Å². The molecule has 0 radical (unpaired) electrons. The largest absolute Gasteiger partial charge is 0.364 e. The molecule has 0 spiro atoms. The molecular weight excluding hydrogens is 334 g/mol. The molecule has 0 aliphatic carbocycles. The molecule has 0 amide bonds. The third-order valence-electron chi connectivity index (χ3n) is 5.19. The summed E-state index contributed by atoms with van der Waals surface area (Å²) in [7, 11) is 3.20. The van der Waals surface area contributed by atoms with Crippen molar-refractivity contribution >= 4 is 11.2 Å². The number of imidazole rings is 1. The maximum absolute atomic E-state index is 12.8. The second kappa shape index (κ2) is 7.36. The van der Waals surface area contributed by atoms with Crippen LogP contribution in [0, 0.1) is 0 Å². The van der Waals surface area contributed by atoms with Gasteiger partial charge in [-0.3, -0.25) is 13.9 Å². The first kappa shape index (κ1) is 18.8. The van der Waals surface area contributed by atoms with E-state index in [2.05, 4.69) is 20.8 Å². The molecule has 1 unspecified atom stereocenters. The number of nitrogens with one attached hydrogen (secondary N) is 1. The van der Waals surface area contributed by atoms with Gasteiger partial charge in [0.15, 0.2) is 17.0 Å². The summed E-state index contributed by atoms with van der Waals surface area (Å²) in [6.07, 6.45) is 2.42. The molecule has 1 saturated heterocycles. The number of ether oxygens (including phenoxy) is 1. The van der Waals surface area contributed by atoms with E-state index in [1.165, 1.54) is 21.1 Å². The number of aromatic nitrogens is 4. The number of aryl methyl sites for hydroxylation is 2. The molecule has 1 fully saturated rings. The van der Waals surface area contributed by atoms with Crippen LogP contribution in [-0.4, -0.2) is 44.0 Å². The topological polar surface area (TPSA) is 75.5 Å². The fourth-order valence-electron chi connectivity index (χ4n) is 3.94. The highest BCUT2D eigenvalue weighted by Crippen LogP contribution is 2.12. The van der Waals surface area contributed by atoms with Gasteiger partial charge in [-0.1, -0.05) is 13.3 Å². The first-order valence-corrected chi connectivity index (χ1v) is 9.47. The Kier molecular flexibility index (Phi) is 5.34. The van der Waals surface area contributed by atoms with Crippen molar-refractivity contribution in [2.45, 2.75) is 58.9 Å². The average molecular weight is 364 g/mol. The van der Waals surface area contributed by atoms with Gasteiger partial charge in [-0.25, -0.2) is 9.78 Å². The average Bonchev–Trinajstić information content (AvgIpc) is 2.93. The molecule has 144 valence electrons. The van der Waals surface area contributed by atoms with Gasteiger partial charge in [0.25, 0.3) is 5.56 Å². The van der Waals surface area contributed by atoms with Gasteiger partial charge in [0, 0.05) is 20.6 Å². The van der Waals surface area contributed by atoms with E-state index in [1.807, 2.05) is 4.57 Å². The quantitative estimate of drug-likeness (QED) is 0.771. The summed E-state index contributed by atoms with van der Waals surface area (Å²) in [5, 5.41) is 0. The molecule has 0 saturated carbocycles. The molecule has 1 aliphatic heterocycles. The SMILES string of the molecule is CCCCn1c(C[NH+]2C[C@@H](C)O[C@@H](C)C2)nc2c1c(=O)n(C)c(=O)n2C. The van der Waals surface area contributed by atoms with Crippen molar-refractivity contribution in [3.63, 3.8) is 0 Å². The van der Waals surface area contributed by atoms with Crippen molar-refractivity contribution in [1.29, 1.82) is 0 Å². The minimum absolute atomic E-state index is 0.208. The Morgan fingerprint density at radius 2 is 1.81 bits per heavy atom. The molecule has 1 N–H and O–H groups in total. The third-order valence-corrected chi connectivity index (χ3v) is 5.19. The van der Waals surface area contributed by atoms with Crippen molar-refractivity contribution in [2.24, 2.45) is 14.1 Å². The Morgan fingerprint density at radius 1 is 1.15 bits per heavy atom. The van der Waals surface area contributed by atoms with Crippen molar-refractivity contribution < 1.29 is 9.64 Å². The van der Waals surface area contributed by atoms with Gasteiger partial charge in [0.2, 0.25) is 0 Å². The fraction of sp³-hybridized carbons (Fsp3) is 0.722. The monoisotopic (exact) mass is 364 g/mol. The number of quaternary nitrogens is 1. The molecule has 0 bridgehead atoms. The number of hydrogen-bond acceptors (Lipinski definition) is 4. The van der Waals surface area contributed by atoms with Crippen molar-refractivity contribution in [3.05, 3.63) is 26.7 Å². The van der Waals surface area contributed by atoms with Crippen molar-refractivity contribution in [3.8, 4) is 0 Å². The zero-order valence-electron chi connectivity index (χ0n) is 16.4. The normalized spacial score (nSPS) is 23.7. The predicted molar refractivity (Wildman–Crippen MR) is 99.5 cm³/mol. The highest BCUT2D eigenvalue weighted by atomic mass is 16.5. The van der Waals surface area contributed by atoms with Crippen LogP contribution < -0.4 is 16.1 Å². The van der Waals surface area contributed by atoms with Gasteiger partial charge in [0.1, 0.15) is 31.8 Å². The maximum atomic E-state index is 12.8. The van der Waals surface area contributed by atoms with Crippen LogP contribution >= 0.6 is 0 Å². The van der Waals surface area contributed by atoms with Gasteiger partial charge < -0.3 is 14.2 Å². The van der Waals surface area contributed by atoms with E-state index in [9.17, 15) is 9.59 Å². The number of rotatable bonds is 5. The zero-order chi connectivity index (χ0) is 19.0. The van der Waals surface area contributed by atoms with Crippen LogP contribution in [0.1, 0.15) is 39.4 Å². The first-order chi connectivity index (χ1) is 12.3. The van der Waals surface area contributed by atoms with E-state index in [4.69, 9.17) is 9.72 Å². The molecule has 2 aromatic rings. The standard InChI is InChI=1S/C18H29N5O3/c1-6-7-8-23-14(11-22-9-12(2)26-13(3)10-22)19-16-15(23)17(24)21(5)18(25)20(16)4/h12-13H,6-11H2,1-5H3/p+1/t12-,13+. The minimum atomic E-state index is -0.338. The summed E-state index contributed by atoms with van der Waals surface area (Å²) in [6.45, 7) is 9.61. The summed E-state index contributed by atoms with van der Waals surface area (Å²) in [5.74, 6) is 0.878. The molecule has 2 aromatic heterocycles. The molecule has 26 heavy (non-hydrogen) atoms. The second-order valence-corrected chi connectivity index (χ2v) is 7.50. The first-order valence-electron chi connectivity index (χ1n) is 9.47. The molecule has 3 atom stereocenters. The Labute approximate surface area is 153 Å². The lowest BCUT2D eigenvalue weighted by Crippen LogP contribution is -3.14. The Balaban J connectivity index is 2.09. The number of fused-ring (bicyclic) bond motifs is 1. The predicted octanol–water partition coefficient (Wildman–Crippen LogP) is -0.574. The van der Waals surface area contributed by atoms with E-state index in [1.54, 1.807) is 7.05 Å². The summed E-state index contributed by atoms with van der Waals surface area (Å²) >= 11 is 0. The van der Waals surface area contributed by atoms with Crippen LogP contribution in [0.3, 0.4) is 0 Å². The third kappa shape index (κ3) is 3.35. The molecule has 8 nitrogen and oxygen atoms in total. The van der Waals surface area contributed by atoms with E-state index in [-0.39, 0.29) is 23.5 Å². The van der Waals surface area contributed by atoms with E-state index >= 15 is 0 Å². The van der Waals surface area contributed by atoms with Gasteiger partial charge in [-0.05, 0) is 20.3 Å². The molecule has 1 aliphatic rings. The van der Waals surface area contributed by atoms with E-state index in [0.717, 1.165) is 44.8 Å². The lowest BCUT2D eigenvalue weighted by atomic mass is 10.2. The Hall–Kier alpha value is -1.93. The van der Waals surface area contributed by atoms with Gasteiger partial charge in [0.05, 0.1) is 0 Å². The van der Waals surface area contributed by atoms with Crippen molar-refractivity contribution in [2.75, 3.05) is 13.1 Å². The number of morpholine rings is 1. The van der Waals surface area contributed by atoms with Crippen LogP contribution in [0.25, 0.3) is 11.2 Å².